The number of aryl methyl sites for hydroxylation is 1. The topological polar surface area (TPSA) is 49.8 Å². The van der Waals surface area contributed by atoms with Crippen LogP contribution >= 0.6 is 0 Å². The van der Waals surface area contributed by atoms with Gasteiger partial charge in [0.25, 0.3) is 0 Å². The third kappa shape index (κ3) is 2.96. The summed E-state index contributed by atoms with van der Waals surface area (Å²) in [6.45, 7) is 2.24. The first-order chi connectivity index (χ1) is 9.11. The molecule has 0 amide bonds. The molecule has 2 aromatic heterocycles. The van der Waals surface area contributed by atoms with Gasteiger partial charge in [-0.05, 0) is 18.6 Å². The summed E-state index contributed by atoms with van der Waals surface area (Å²) in [7, 11) is 1.52. The van der Waals surface area contributed by atoms with Gasteiger partial charge in [0.2, 0.25) is 0 Å². The van der Waals surface area contributed by atoms with Crippen molar-refractivity contribution >= 4 is 11.6 Å². The number of anilines is 2. The Morgan fingerprint density at radius 2 is 1.95 bits per heavy atom. The van der Waals surface area contributed by atoms with Crippen molar-refractivity contribution in [2.75, 3.05) is 17.7 Å². The van der Waals surface area contributed by atoms with Gasteiger partial charge in [0.15, 0.2) is 23.3 Å². The predicted molar refractivity (Wildman–Crippen MR) is 70.0 cm³/mol. The van der Waals surface area contributed by atoms with Crippen LogP contribution in [0.4, 0.5) is 20.4 Å². The fourth-order valence-electron chi connectivity index (χ4n) is 1.64. The molecule has 0 unspecified atom stereocenters. The van der Waals surface area contributed by atoms with E-state index in [0.717, 1.165) is 17.3 Å². The first-order valence-corrected chi connectivity index (χ1v) is 5.80. The van der Waals surface area contributed by atoms with Crippen LogP contribution in [0.1, 0.15) is 11.3 Å². The lowest BCUT2D eigenvalue weighted by Crippen LogP contribution is -2.08. The molecule has 0 aliphatic heterocycles. The third-order valence-corrected chi connectivity index (χ3v) is 2.71. The molecule has 2 aromatic rings. The van der Waals surface area contributed by atoms with Gasteiger partial charge in [0, 0.05) is 19.3 Å². The first-order valence-electron chi connectivity index (χ1n) is 5.80. The second kappa shape index (κ2) is 5.60. The number of halogens is 2. The van der Waals surface area contributed by atoms with E-state index in [-0.39, 0.29) is 11.6 Å². The molecule has 0 radical (unpaired) electrons. The van der Waals surface area contributed by atoms with Crippen LogP contribution < -0.4 is 10.6 Å². The molecule has 6 heteroatoms. The highest BCUT2D eigenvalue weighted by Gasteiger charge is 2.11. The van der Waals surface area contributed by atoms with E-state index in [9.17, 15) is 8.78 Å². The van der Waals surface area contributed by atoms with E-state index in [2.05, 4.69) is 20.6 Å². The Kier molecular flexibility index (Phi) is 3.89. The largest absolute Gasteiger partial charge is 0.371 e. The number of pyridine rings is 2. The van der Waals surface area contributed by atoms with Gasteiger partial charge >= 0.3 is 0 Å². The minimum absolute atomic E-state index is 0.00152. The molecule has 0 atom stereocenters. The van der Waals surface area contributed by atoms with E-state index in [4.69, 9.17) is 0 Å². The molecular formula is C13H14F2N4. The van der Waals surface area contributed by atoms with E-state index in [1.165, 1.54) is 7.05 Å². The highest BCUT2D eigenvalue weighted by Crippen LogP contribution is 2.19. The molecule has 19 heavy (non-hydrogen) atoms. The van der Waals surface area contributed by atoms with Crippen molar-refractivity contribution in [3.63, 3.8) is 0 Å². The van der Waals surface area contributed by atoms with Crippen LogP contribution in [0.25, 0.3) is 0 Å². The monoisotopic (exact) mass is 264 g/mol. The van der Waals surface area contributed by atoms with Crippen LogP contribution in [0.3, 0.4) is 0 Å². The Morgan fingerprint density at radius 1 is 1.21 bits per heavy atom. The molecule has 0 aliphatic carbocycles. The Hall–Kier alpha value is -2.24. The maximum atomic E-state index is 13.6. The standard InChI is InChI=1S/C13H14F2N4/c1-8-4-3-5-17-11(8)7-18-13-10(15)6-9(14)12(16-2)19-13/h3-6H,7H2,1-2H3,(H2,16,18,19). The van der Waals surface area contributed by atoms with Gasteiger partial charge < -0.3 is 10.6 Å². The van der Waals surface area contributed by atoms with Gasteiger partial charge in [-0.15, -0.1) is 0 Å². The van der Waals surface area contributed by atoms with Crippen LogP contribution in [0.5, 0.6) is 0 Å². The van der Waals surface area contributed by atoms with Crippen molar-refractivity contribution < 1.29 is 8.78 Å². The fourth-order valence-corrected chi connectivity index (χ4v) is 1.64. The minimum Gasteiger partial charge on any atom is -0.371 e. The second-order valence-corrected chi connectivity index (χ2v) is 4.02. The molecule has 0 saturated heterocycles. The van der Waals surface area contributed by atoms with E-state index in [1.807, 2.05) is 19.1 Å². The van der Waals surface area contributed by atoms with E-state index >= 15 is 0 Å². The molecule has 4 nitrogen and oxygen atoms in total. The number of nitrogens with one attached hydrogen (secondary N) is 2. The van der Waals surface area contributed by atoms with Gasteiger partial charge in [0.1, 0.15) is 0 Å². The molecule has 0 aromatic carbocycles. The zero-order valence-corrected chi connectivity index (χ0v) is 10.7. The Labute approximate surface area is 109 Å². The SMILES string of the molecule is CNc1nc(NCc2ncccc2C)c(F)cc1F. The summed E-state index contributed by atoms with van der Waals surface area (Å²) >= 11 is 0. The molecule has 2 heterocycles. The lowest BCUT2D eigenvalue weighted by atomic mass is 10.2. The molecule has 0 aliphatic rings. The van der Waals surface area contributed by atoms with E-state index in [1.54, 1.807) is 6.20 Å². The van der Waals surface area contributed by atoms with Crippen LogP contribution in [0, 0.1) is 18.6 Å². The second-order valence-electron chi connectivity index (χ2n) is 4.02. The average Bonchev–Trinajstić information content (AvgIpc) is 2.39. The summed E-state index contributed by atoms with van der Waals surface area (Å²) in [5.41, 5.74) is 1.78. The molecule has 2 N–H and O–H groups in total. The van der Waals surface area contributed by atoms with Crippen molar-refractivity contribution in [2.45, 2.75) is 13.5 Å². The summed E-state index contributed by atoms with van der Waals surface area (Å²) in [5.74, 6) is -1.46. The van der Waals surface area contributed by atoms with Crippen LogP contribution in [-0.2, 0) is 6.54 Å². The normalized spacial score (nSPS) is 10.3. The fraction of sp³-hybridized carbons (Fsp3) is 0.231. The number of hydrogen-bond donors (Lipinski definition) is 2. The van der Waals surface area contributed by atoms with Crippen LogP contribution in [-0.4, -0.2) is 17.0 Å². The van der Waals surface area contributed by atoms with Crippen molar-refractivity contribution in [1.29, 1.82) is 0 Å². The molecule has 0 bridgehead atoms. The molecule has 0 spiro atoms. The highest BCUT2D eigenvalue weighted by molar-refractivity contribution is 5.47. The molecular weight excluding hydrogens is 250 g/mol. The molecule has 100 valence electrons. The smallest absolute Gasteiger partial charge is 0.168 e. The molecule has 0 fully saturated rings. The zero-order chi connectivity index (χ0) is 13.8. The highest BCUT2D eigenvalue weighted by atomic mass is 19.1. The quantitative estimate of drug-likeness (QED) is 0.891. The van der Waals surface area contributed by atoms with Gasteiger partial charge in [0.05, 0.1) is 12.2 Å². The number of hydrogen-bond acceptors (Lipinski definition) is 4. The lowest BCUT2D eigenvalue weighted by molar-refractivity contribution is 0.578. The number of rotatable bonds is 4. The van der Waals surface area contributed by atoms with Gasteiger partial charge in [-0.2, -0.15) is 0 Å². The maximum Gasteiger partial charge on any atom is 0.168 e. The number of aromatic nitrogens is 2. The summed E-state index contributed by atoms with van der Waals surface area (Å²) < 4.78 is 26.8. The van der Waals surface area contributed by atoms with Crippen molar-refractivity contribution in [1.82, 2.24) is 9.97 Å². The maximum absolute atomic E-state index is 13.6. The number of nitrogens with zero attached hydrogens (tertiary/aromatic N) is 2. The van der Waals surface area contributed by atoms with Gasteiger partial charge in [-0.1, -0.05) is 6.07 Å². The first kappa shape index (κ1) is 13.2. The minimum atomic E-state index is -0.731. The zero-order valence-electron chi connectivity index (χ0n) is 10.7. The predicted octanol–water partition coefficient (Wildman–Crippen LogP) is 2.72. The Balaban J connectivity index is 2.18. The van der Waals surface area contributed by atoms with Crippen molar-refractivity contribution in [2.24, 2.45) is 0 Å². The summed E-state index contributed by atoms with van der Waals surface area (Å²) in [6.07, 6.45) is 1.66. The third-order valence-electron chi connectivity index (χ3n) is 2.71. The molecule has 0 saturated carbocycles. The van der Waals surface area contributed by atoms with E-state index < -0.39 is 11.6 Å². The lowest BCUT2D eigenvalue weighted by Gasteiger charge is -2.10. The average molecular weight is 264 g/mol. The van der Waals surface area contributed by atoms with Crippen molar-refractivity contribution in [3.05, 3.63) is 47.3 Å². The van der Waals surface area contributed by atoms with Crippen molar-refractivity contribution in [3.8, 4) is 0 Å². The Bertz CT molecular complexity index is 587. The van der Waals surface area contributed by atoms with Crippen LogP contribution in [0.15, 0.2) is 24.4 Å². The van der Waals surface area contributed by atoms with Gasteiger partial charge in [-0.25, -0.2) is 13.8 Å². The molecule has 2 rings (SSSR count). The Morgan fingerprint density at radius 3 is 2.63 bits per heavy atom. The van der Waals surface area contributed by atoms with E-state index in [0.29, 0.717) is 6.54 Å². The van der Waals surface area contributed by atoms with Gasteiger partial charge in [-0.3, -0.25) is 4.98 Å². The summed E-state index contributed by atoms with van der Waals surface area (Å²) in [4.78, 5) is 8.02. The van der Waals surface area contributed by atoms with Crippen LogP contribution in [0.2, 0.25) is 0 Å². The summed E-state index contributed by atoms with van der Waals surface area (Å²) in [6, 6.07) is 4.54. The summed E-state index contributed by atoms with van der Waals surface area (Å²) in [5, 5.41) is 5.38.